The number of rotatable bonds is 4. The van der Waals surface area contributed by atoms with Crippen molar-refractivity contribution in [3.05, 3.63) is 0 Å². The summed E-state index contributed by atoms with van der Waals surface area (Å²) in [5.74, 6) is -1.91. The van der Waals surface area contributed by atoms with Crippen LogP contribution in [0.15, 0.2) is 0 Å². The minimum Gasteiger partial charge on any atom is -0.385 e. The maximum absolute atomic E-state index is 11.7. The summed E-state index contributed by atoms with van der Waals surface area (Å²) in [5.41, 5.74) is 0. The van der Waals surface area contributed by atoms with Crippen molar-refractivity contribution >= 4 is 5.91 Å². The number of amides is 1. The van der Waals surface area contributed by atoms with Crippen LogP contribution in [0.5, 0.6) is 0 Å². The van der Waals surface area contributed by atoms with E-state index in [0.29, 0.717) is 13.0 Å². The highest BCUT2D eigenvalue weighted by atomic mass is 19.4. The van der Waals surface area contributed by atoms with Gasteiger partial charge in [-0.1, -0.05) is 0 Å². The van der Waals surface area contributed by atoms with Crippen molar-refractivity contribution < 1.29 is 22.7 Å². The first-order valence-corrected chi connectivity index (χ1v) is 3.74. The number of hydrogen-bond donors (Lipinski definition) is 1. The molecule has 0 aromatic rings. The van der Waals surface area contributed by atoms with Gasteiger partial charge in [-0.25, -0.2) is 0 Å². The zero-order valence-electron chi connectivity index (χ0n) is 7.44. The van der Waals surface area contributed by atoms with Gasteiger partial charge in [0.1, 0.15) is 0 Å². The second-order valence-corrected chi connectivity index (χ2v) is 2.65. The molecule has 13 heavy (non-hydrogen) atoms. The van der Waals surface area contributed by atoms with Gasteiger partial charge in [0.25, 0.3) is 0 Å². The Morgan fingerprint density at radius 2 is 2.08 bits per heavy atom. The molecule has 0 rings (SSSR count). The normalized spacial score (nSPS) is 13.9. The van der Waals surface area contributed by atoms with E-state index in [0.717, 1.165) is 0 Å². The Morgan fingerprint density at radius 1 is 1.54 bits per heavy atom. The number of alkyl halides is 3. The lowest BCUT2D eigenvalue weighted by molar-refractivity contribution is -0.174. The van der Waals surface area contributed by atoms with Crippen molar-refractivity contribution in [1.82, 2.24) is 5.32 Å². The number of halogens is 3. The van der Waals surface area contributed by atoms with Crippen molar-refractivity contribution in [2.45, 2.75) is 25.6 Å². The maximum Gasteiger partial charge on any atom is 0.471 e. The van der Waals surface area contributed by atoms with Crippen LogP contribution in [0.25, 0.3) is 0 Å². The molecule has 6 heteroatoms. The van der Waals surface area contributed by atoms with Gasteiger partial charge in [-0.3, -0.25) is 4.79 Å². The average molecular weight is 199 g/mol. The Morgan fingerprint density at radius 3 is 2.46 bits per heavy atom. The molecule has 0 aliphatic carbocycles. The molecule has 0 radical (unpaired) electrons. The first-order chi connectivity index (χ1) is 5.88. The number of nitrogens with one attached hydrogen (secondary N) is 1. The van der Waals surface area contributed by atoms with Crippen LogP contribution < -0.4 is 5.32 Å². The van der Waals surface area contributed by atoms with Gasteiger partial charge in [0.2, 0.25) is 0 Å². The minimum atomic E-state index is -4.80. The summed E-state index contributed by atoms with van der Waals surface area (Å²) in [6.07, 6.45) is -4.44. The van der Waals surface area contributed by atoms with Gasteiger partial charge in [0.05, 0.1) is 0 Å². The van der Waals surface area contributed by atoms with E-state index in [1.54, 1.807) is 0 Å². The van der Waals surface area contributed by atoms with Crippen molar-refractivity contribution in [1.29, 1.82) is 0 Å². The summed E-state index contributed by atoms with van der Waals surface area (Å²) in [5, 5.41) is 1.81. The Hall–Kier alpha value is -0.780. The average Bonchev–Trinajstić information content (AvgIpc) is 1.99. The Labute approximate surface area is 74.3 Å². The van der Waals surface area contributed by atoms with Crippen LogP contribution in [0.1, 0.15) is 13.3 Å². The Bertz CT molecular complexity index is 170. The largest absolute Gasteiger partial charge is 0.471 e. The van der Waals surface area contributed by atoms with Gasteiger partial charge in [-0.2, -0.15) is 13.2 Å². The third kappa shape index (κ3) is 5.46. The SMILES string of the molecule is COCCC(C)NC(=O)C(F)(F)F. The summed E-state index contributed by atoms with van der Waals surface area (Å²) in [6.45, 7) is 1.81. The van der Waals surface area contributed by atoms with E-state index >= 15 is 0 Å². The molecule has 0 bridgehead atoms. The van der Waals surface area contributed by atoms with Crippen LogP contribution in [0, 0.1) is 0 Å². The molecular formula is C7H12F3NO2. The van der Waals surface area contributed by atoms with Gasteiger partial charge < -0.3 is 10.1 Å². The van der Waals surface area contributed by atoms with Crippen molar-refractivity contribution in [3.63, 3.8) is 0 Å². The number of hydrogen-bond acceptors (Lipinski definition) is 2. The van der Waals surface area contributed by atoms with E-state index in [1.165, 1.54) is 14.0 Å². The molecular weight excluding hydrogens is 187 g/mol. The molecule has 1 atom stereocenters. The van der Waals surface area contributed by atoms with Crippen LogP contribution >= 0.6 is 0 Å². The molecule has 0 aliphatic rings. The van der Waals surface area contributed by atoms with Crippen molar-refractivity contribution in [2.75, 3.05) is 13.7 Å². The molecule has 0 aliphatic heterocycles. The zero-order valence-corrected chi connectivity index (χ0v) is 7.44. The van der Waals surface area contributed by atoms with Crippen LogP contribution in [0.4, 0.5) is 13.2 Å². The van der Waals surface area contributed by atoms with Crippen LogP contribution in [0.3, 0.4) is 0 Å². The summed E-state index contributed by atoms with van der Waals surface area (Å²) in [6, 6.07) is -0.533. The highest BCUT2D eigenvalue weighted by molar-refractivity contribution is 5.81. The predicted octanol–water partition coefficient (Wildman–Crippen LogP) is 1.09. The Balaban J connectivity index is 3.79. The summed E-state index contributed by atoms with van der Waals surface area (Å²) < 4.78 is 39.7. The molecule has 0 fully saturated rings. The summed E-state index contributed by atoms with van der Waals surface area (Å²) in [4.78, 5) is 10.4. The number of carbonyl (C=O) groups is 1. The molecule has 1 N–H and O–H groups in total. The lowest BCUT2D eigenvalue weighted by Crippen LogP contribution is -2.42. The zero-order chi connectivity index (χ0) is 10.5. The summed E-state index contributed by atoms with van der Waals surface area (Å²) in [7, 11) is 1.44. The molecule has 0 heterocycles. The molecule has 0 saturated heterocycles. The van der Waals surface area contributed by atoms with Crippen LogP contribution in [0.2, 0.25) is 0 Å². The highest BCUT2D eigenvalue weighted by Crippen LogP contribution is 2.14. The summed E-state index contributed by atoms with van der Waals surface area (Å²) >= 11 is 0. The van der Waals surface area contributed by atoms with E-state index in [4.69, 9.17) is 0 Å². The molecule has 0 aromatic heterocycles. The fraction of sp³-hybridized carbons (Fsp3) is 0.857. The molecule has 78 valence electrons. The number of methoxy groups -OCH3 is 1. The van der Waals surface area contributed by atoms with E-state index in [-0.39, 0.29) is 0 Å². The number of ether oxygens (including phenoxy) is 1. The molecule has 3 nitrogen and oxygen atoms in total. The van der Waals surface area contributed by atoms with Crippen LogP contribution in [-0.4, -0.2) is 31.8 Å². The monoisotopic (exact) mass is 199 g/mol. The van der Waals surface area contributed by atoms with Gasteiger partial charge in [-0.15, -0.1) is 0 Å². The second kappa shape index (κ2) is 5.06. The smallest absolute Gasteiger partial charge is 0.385 e. The van der Waals surface area contributed by atoms with E-state index in [1.807, 2.05) is 5.32 Å². The number of carbonyl (C=O) groups excluding carboxylic acids is 1. The fourth-order valence-electron chi connectivity index (χ4n) is 0.672. The quantitative estimate of drug-likeness (QED) is 0.736. The van der Waals surface area contributed by atoms with Gasteiger partial charge in [-0.05, 0) is 13.3 Å². The molecule has 1 amide bonds. The van der Waals surface area contributed by atoms with Gasteiger partial charge >= 0.3 is 12.1 Å². The second-order valence-electron chi connectivity index (χ2n) is 2.65. The third-order valence-corrected chi connectivity index (χ3v) is 1.39. The highest BCUT2D eigenvalue weighted by Gasteiger charge is 2.38. The van der Waals surface area contributed by atoms with E-state index < -0.39 is 18.1 Å². The van der Waals surface area contributed by atoms with Crippen molar-refractivity contribution in [2.24, 2.45) is 0 Å². The standard InChI is InChI=1S/C7H12F3NO2/c1-5(3-4-13-2)11-6(12)7(8,9)10/h5H,3-4H2,1-2H3,(H,11,12). The lowest BCUT2D eigenvalue weighted by atomic mass is 10.2. The van der Waals surface area contributed by atoms with E-state index in [9.17, 15) is 18.0 Å². The predicted molar refractivity (Wildman–Crippen MR) is 40.2 cm³/mol. The fourth-order valence-corrected chi connectivity index (χ4v) is 0.672. The molecule has 0 aromatic carbocycles. The van der Waals surface area contributed by atoms with Gasteiger partial charge in [0, 0.05) is 19.8 Å². The molecule has 0 saturated carbocycles. The molecule has 0 spiro atoms. The third-order valence-electron chi connectivity index (χ3n) is 1.39. The molecule has 1 unspecified atom stereocenters. The van der Waals surface area contributed by atoms with Crippen molar-refractivity contribution in [3.8, 4) is 0 Å². The lowest BCUT2D eigenvalue weighted by Gasteiger charge is -2.14. The topological polar surface area (TPSA) is 38.3 Å². The maximum atomic E-state index is 11.7. The first-order valence-electron chi connectivity index (χ1n) is 3.74. The Kier molecular flexibility index (Phi) is 4.76. The van der Waals surface area contributed by atoms with Gasteiger partial charge in [0.15, 0.2) is 0 Å². The van der Waals surface area contributed by atoms with E-state index in [2.05, 4.69) is 4.74 Å². The first kappa shape index (κ1) is 12.2. The van der Waals surface area contributed by atoms with Crippen LogP contribution in [-0.2, 0) is 9.53 Å². The minimum absolute atomic E-state index is 0.319.